The van der Waals surface area contributed by atoms with Crippen LogP contribution in [0.3, 0.4) is 0 Å². The number of unbranched alkanes of at least 4 members (excludes halogenated alkanes) is 1. The van der Waals surface area contributed by atoms with Gasteiger partial charge in [-0.2, -0.15) is 0 Å². The number of hydrogen-bond acceptors (Lipinski definition) is 2. The van der Waals surface area contributed by atoms with Gasteiger partial charge < -0.3 is 9.30 Å². The monoisotopic (exact) mass is 400 g/mol. The van der Waals surface area contributed by atoms with Gasteiger partial charge in [0.1, 0.15) is 0 Å². The number of hydrogen-bond donors (Lipinski definition) is 0. The Labute approximate surface area is 177 Å². The third kappa shape index (κ3) is 2.43. The van der Waals surface area contributed by atoms with Crippen molar-refractivity contribution in [3.63, 3.8) is 0 Å². The Morgan fingerprint density at radius 3 is 2.10 bits per heavy atom. The van der Waals surface area contributed by atoms with Crippen LogP contribution in [0, 0.1) is 0 Å². The van der Waals surface area contributed by atoms with Gasteiger partial charge in [0.05, 0.1) is 24.0 Å². The summed E-state index contributed by atoms with van der Waals surface area (Å²) in [4.78, 5) is 13.0. The zero-order chi connectivity index (χ0) is 21.0. The van der Waals surface area contributed by atoms with Crippen LogP contribution in [0.1, 0.15) is 56.6 Å². The number of para-hydroxylation sites is 2. The van der Waals surface area contributed by atoms with Gasteiger partial charge in [-0.1, -0.05) is 63.6 Å². The highest BCUT2D eigenvalue weighted by Crippen LogP contribution is 2.53. The first-order chi connectivity index (χ1) is 14.6. The van der Waals surface area contributed by atoms with Crippen LogP contribution in [0.2, 0.25) is 0 Å². The second-order valence-electron chi connectivity index (χ2n) is 8.45. The second-order valence-corrected chi connectivity index (χ2v) is 8.45. The summed E-state index contributed by atoms with van der Waals surface area (Å²) in [5.41, 5.74) is 6.99. The minimum atomic E-state index is -0.326. The second kappa shape index (κ2) is 7.05. The fourth-order valence-electron chi connectivity index (χ4n) is 5.34. The third-order valence-corrected chi connectivity index (χ3v) is 6.90. The largest absolute Gasteiger partial charge is 0.452 e. The van der Waals surface area contributed by atoms with Gasteiger partial charge in [0.2, 0.25) is 0 Å². The van der Waals surface area contributed by atoms with E-state index < -0.39 is 0 Å². The van der Waals surface area contributed by atoms with E-state index in [1.54, 1.807) is 4.57 Å². The van der Waals surface area contributed by atoms with Crippen LogP contribution in [0.5, 0.6) is 0 Å². The molecule has 4 aromatic rings. The van der Waals surface area contributed by atoms with Gasteiger partial charge in [-0.25, -0.2) is 9.36 Å². The summed E-state index contributed by atoms with van der Waals surface area (Å²) in [6.07, 6.45) is 1.90. The first-order valence-electron chi connectivity index (χ1n) is 10.9. The lowest BCUT2D eigenvalue weighted by Gasteiger charge is -2.29. The highest BCUT2D eigenvalue weighted by molar-refractivity contribution is 6.04. The zero-order valence-corrected chi connectivity index (χ0v) is 18.1. The molecule has 1 aliphatic rings. The zero-order valence-electron chi connectivity index (χ0n) is 18.1. The molecule has 2 atom stereocenters. The predicted molar refractivity (Wildman–Crippen MR) is 122 cm³/mol. The van der Waals surface area contributed by atoms with E-state index in [1.807, 2.05) is 12.1 Å². The van der Waals surface area contributed by atoms with Gasteiger partial charge in [-0.3, -0.25) is 0 Å². The summed E-state index contributed by atoms with van der Waals surface area (Å²) in [5, 5.41) is 2.45. The smallest absolute Gasteiger partial charge is 0.418 e. The van der Waals surface area contributed by atoms with Gasteiger partial charge >= 0.3 is 6.09 Å². The highest BCUT2D eigenvalue weighted by atomic mass is 16.5. The number of carbonyl (C=O) groups excluding carboxylic acids is 1. The summed E-state index contributed by atoms with van der Waals surface area (Å²) in [7, 11) is 1.46. The maximum absolute atomic E-state index is 13.0. The fourth-order valence-corrected chi connectivity index (χ4v) is 5.34. The molecule has 0 spiro atoms. The molecule has 0 radical (unpaired) electrons. The fraction of sp³-hybridized carbons (Fsp3) is 0.346. The van der Waals surface area contributed by atoms with Gasteiger partial charge in [0, 0.05) is 22.8 Å². The minimum absolute atomic E-state index is 0.300. The average molecular weight is 401 g/mol. The molecule has 4 heteroatoms. The molecule has 30 heavy (non-hydrogen) atoms. The number of nitrogens with zero attached hydrogens (tertiary/aromatic N) is 2. The minimum Gasteiger partial charge on any atom is -0.452 e. The number of rotatable bonds is 3. The molecule has 2 unspecified atom stereocenters. The molecule has 2 heterocycles. The van der Waals surface area contributed by atoms with E-state index in [4.69, 9.17) is 4.74 Å². The van der Waals surface area contributed by atoms with Crippen molar-refractivity contribution in [2.45, 2.75) is 52.0 Å². The van der Waals surface area contributed by atoms with Crippen LogP contribution in [-0.2, 0) is 11.3 Å². The summed E-state index contributed by atoms with van der Waals surface area (Å²) < 4.78 is 9.49. The SMILES string of the molecule is CCCCn1c2c(c3ccccc31)C(C)C(C)c1c-2n(C(=O)OC)c2ccccc12. The number of fused-ring (bicyclic) bond motifs is 7. The molecule has 0 saturated heterocycles. The van der Waals surface area contributed by atoms with Crippen LogP contribution in [-0.4, -0.2) is 22.3 Å². The predicted octanol–water partition coefficient (Wildman–Crippen LogP) is 6.90. The van der Waals surface area contributed by atoms with E-state index >= 15 is 0 Å². The molecule has 154 valence electrons. The van der Waals surface area contributed by atoms with Crippen molar-refractivity contribution in [3.05, 3.63) is 59.7 Å². The molecule has 2 aromatic carbocycles. The summed E-state index contributed by atoms with van der Waals surface area (Å²) >= 11 is 0. The lowest BCUT2D eigenvalue weighted by Crippen LogP contribution is -2.19. The molecule has 0 bridgehead atoms. The van der Waals surface area contributed by atoms with Crippen LogP contribution in [0.4, 0.5) is 4.79 Å². The van der Waals surface area contributed by atoms with Crippen LogP contribution in [0.15, 0.2) is 48.5 Å². The van der Waals surface area contributed by atoms with Crippen molar-refractivity contribution in [2.24, 2.45) is 0 Å². The van der Waals surface area contributed by atoms with Gasteiger partial charge in [-0.05, 0) is 41.5 Å². The van der Waals surface area contributed by atoms with Crippen molar-refractivity contribution in [2.75, 3.05) is 7.11 Å². The summed E-state index contributed by atoms with van der Waals surface area (Å²) in [6.45, 7) is 7.78. The van der Waals surface area contributed by atoms with Gasteiger partial charge in [-0.15, -0.1) is 0 Å². The Morgan fingerprint density at radius 2 is 1.47 bits per heavy atom. The van der Waals surface area contributed by atoms with E-state index in [1.165, 1.54) is 34.8 Å². The van der Waals surface area contributed by atoms with Crippen LogP contribution in [0.25, 0.3) is 33.2 Å². The topological polar surface area (TPSA) is 36.2 Å². The maximum Gasteiger partial charge on any atom is 0.418 e. The van der Waals surface area contributed by atoms with Crippen molar-refractivity contribution < 1.29 is 9.53 Å². The number of benzene rings is 2. The van der Waals surface area contributed by atoms with Crippen molar-refractivity contribution in [1.82, 2.24) is 9.13 Å². The lowest BCUT2D eigenvalue weighted by molar-refractivity contribution is 0.174. The molecule has 2 aromatic heterocycles. The first-order valence-corrected chi connectivity index (χ1v) is 10.9. The van der Waals surface area contributed by atoms with Gasteiger partial charge in [0.15, 0.2) is 0 Å². The Bertz CT molecular complexity index is 1280. The Hall–Kier alpha value is -3.01. The van der Waals surface area contributed by atoms with Crippen molar-refractivity contribution >= 4 is 27.9 Å². The average Bonchev–Trinajstić information content (AvgIpc) is 3.28. The molecule has 0 aliphatic heterocycles. The number of aryl methyl sites for hydroxylation is 1. The molecule has 5 rings (SSSR count). The van der Waals surface area contributed by atoms with E-state index in [9.17, 15) is 4.79 Å². The standard InChI is InChI=1S/C26H28N2O2/c1-5-6-15-27-20-13-9-7-11-18(20)22-16(2)17(3)23-19-12-8-10-14-21(19)28(26(29)30-4)25(23)24(22)27/h7-14,16-17H,5-6,15H2,1-4H3. The molecule has 0 fully saturated rings. The van der Waals surface area contributed by atoms with Crippen LogP contribution < -0.4 is 0 Å². The lowest BCUT2D eigenvalue weighted by atomic mass is 9.76. The molecule has 0 saturated carbocycles. The Kier molecular flexibility index (Phi) is 4.46. The number of methoxy groups -OCH3 is 1. The molecule has 0 amide bonds. The molecular formula is C26H28N2O2. The maximum atomic E-state index is 13.0. The molecule has 4 nitrogen and oxygen atoms in total. The van der Waals surface area contributed by atoms with Crippen molar-refractivity contribution in [3.8, 4) is 11.4 Å². The Balaban J connectivity index is 1.98. The molecule has 1 aliphatic carbocycles. The summed E-state index contributed by atoms with van der Waals surface area (Å²) in [5.74, 6) is 0.658. The van der Waals surface area contributed by atoms with E-state index in [0.717, 1.165) is 36.0 Å². The molecular weight excluding hydrogens is 372 g/mol. The summed E-state index contributed by atoms with van der Waals surface area (Å²) in [6, 6.07) is 16.9. The number of aromatic nitrogens is 2. The highest BCUT2D eigenvalue weighted by Gasteiger charge is 2.38. The van der Waals surface area contributed by atoms with Gasteiger partial charge in [0.25, 0.3) is 0 Å². The molecule has 0 N–H and O–H groups in total. The third-order valence-electron chi connectivity index (χ3n) is 6.90. The van der Waals surface area contributed by atoms with E-state index in [2.05, 4.69) is 61.7 Å². The number of carbonyl (C=O) groups is 1. The van der Waals surface area contributed by atoms with E-state index in [-0.39, 0.29) is 6.09 Å². The van der Waals surface area contributed by atoms with Crippen LogP contribution >= 0.6 is 0 Å². The normalized spacial score (nSPS) is 17.9. The first kappa shape index (κ1) is 19.0. The Morgan fingerprint density at radius 1 is 0.900 bits per heavy atom. The quantitative estimate of drug-likeness (QED) is 0.375. The van der Waals surface area contributed by atoms with Crippen molar-refractivity contribution in [1.29, 1.82) is 0 Å². The van der Waals surface area contributed by atoms with E-state index in [0.29, 0.717) is 11.8 Å². The number of ether oxygens (including phenoxy) is 1.